The zero-order valence-corrected chi connectivity index (χ0v) is 13.3. The molecule has 21 heavy (non-hydrogen) atoms. The van der Waals surface area contributed by atoms with Crippen molar-refractivity contribution in [1.29, 1.82) is 0 Å². The maximum atomic E-state index is 12.6. The van der Waals surface area contributed by atoms with Crippen LogP contribution in [-0.4, -0.2) is 48.3 Å². The molecule has 1 aromatic heterocycles. The zero-order chi connectivity index (χ0) is 15.0. The summed E-state index contributed by atoms with van der Waals surface area (Å²) in [4.78, 5) is 14.8. The Morgan fingerprint density at radius 1 is 1.48 bits per heavy atom. The van der Waals surface area contributed by atoms with Crippen LogP contribution in [0.25, 0.3) is 10.1 Å². The molecule has 112 valence electrons. The van der Waals surface area contributed by atoms with Gasteiger partial charge in [0.05, 0.1) is 24.3 Å². The van der Waals surface area contributed by atoms with Crippen LogP contribution in [0.1, 0.15) is 9.67 Å². The number of morpholine rings is 1. The van der Waals surface area contributed by atoms with E-state index in [0.717, 1.165) is 10.1 Å². The molecule has 0 radical (unpaired) electrons. The van der Waals surface area contributed by atoms with E-state index < -0.39 is 0 Å². The highest BCUT2D eigenvalue weighted by molar-refractivity contribution is 7.21. The Bertz CT molecular complexity index is 688. The van der Waals surface area contributed by atoms with E-state index in [2.05, 4.69) is 0 Å². The number of fused-ring (bicyclic) bond motifs is 1. The molecule has 7 heteroatoms. The lowest BCUT2D eigenvalue weighted by Crippen LogP contribution is -2.46. The van der Waals surface area contributed by atoms with Gasteiger partial charge in [-0.1, -0.05) is 29.3 Å². The van der Waals surface area contributed by atoms with E-state index in [1.54, 1.807) is 17.0 Å². The van der Waals surface area contributed by atoms with Crippen molar-refractivity contribution >= 4 is 50.5 Å². The van der Waals surface area contributed by atoms with E-state index in [-0.39, 0.29) is 18.6 Å². The molecule has 2 heterocycles. The van der Waals surface area contributed by atoms with Crippen LogP contribution in [0.15, 0.2) is 18.2 Å². The van der Waals surface area contributed by atoms with Gasteiger partial charge < -0.3 is 14.7 Å². The lowest BCUT2D eigenvalue weighted by Gasteiger charge is -2.31. The number of ether oxygens (including phenoxy) is 1. The second-order valence-electron chi connectivity index (χ2n) is 4.81. The Kier molecular flexibility index (Phi) is 4.38. The Morgan fingerprint density at radius 2 is 2.29 bits per heavy atom. The molecule has 0 bridgehead atoms. The monoisotopic (exact) mass is 345 g/mol. The Balaban J connectivity index is 1.92. The predicted octanol–water partition coefficient (Wildman–Crippen LogP) is 3.04. The number of nitrogens with zero attached hydrogens (tertiary/aromatic N) is 1. The van der Waals surface area contributed by atoms with Crippen molar-refractivity contribution in [2.24, 2.45) is 0 Å². The number of hydrogen-bond acceptors (Lipinski definition) is 4. The number of aliphatic hydroxyl groups excluding tert-OH is 1. The van der Waals surface area contributed by atoms with Gasteiger partial charge in [-0.2, -0.15) is 0 Å². The molecular formula is C14H13Cl2NO3S. The van der Waals surface area contributed by atoms with Crippen LogP contribution in [0.2, 0.25) is 10.0 Å². The van der Waals surface area contributed by atoms with Gasteiger partial charge in [-0.15, -0.1) is 11.3 Å². The smallest absolute Gasteiger partial charge is 0.265 e. The van der Waals surface area contributed by atoms with Gasteiger partial charge in [0, 0.05) is 28.2 Å². The van der Waals surface area contributed by atoms with Crippen molar-refractivity contribution in [2.45, 2.75) is 6.10 Å². The highest BCUT2D eigenvalue weighted by atomic mass is 35.5. The molecule has 1 fully saturated rings. The molecule has 3 rings (SSSR count). The summed E-state index contributed by atoms with van der Waals surface area (Å²) in [7, 11) is 0. The average molecular weight is 346 g/mol. The molecule has 1 aliphatic rings. The molecule has 1 saturated heterocycles. The fraction of sp³-hybridized carbons (Fsp3) is 0.357. The van der Waals surface area contributed by atoms with Gasteiger partial charge in [-0.3, -0.25) is 4.79 Å². The number of halogens is 2. The van der Waals surface area contributed by atoms with Crippen molar-refractivity contribution < 1.29 is 14.6 Å². The highest BCUT2D eigenvalue weighted by Gasteiger charge is 2.27. The molecule has 0 aliphatic carbocycles. The summed E-state index contributed by atoms with van der Waals surface area (Å²) in [5, 5.41) is 11.1. The Morgan fingerprint density at radius 3 is 3.05 bits per heavy atom. The highest BCUT2D eigenvalue weighted by Crippen LogP contribution is 2.37. The maximum absolute atomic E-state index is 12.6. The van der Waals surface area contributed by atoms with Crippen LogP contribution in [0.4, 0.5) is 0 Å². The van der Waals surface area contributed by atoms with E-state index in [0.29, 0.717) is 34.6 Å². The zero-order valence-electron chi connectivity index (χ0n) is 11.0. The van der Waals surface area contributed by atoms with Crippen LogP contribution in [0.3, 0.4) is 0 Å². The normalized spacial score (nSPS) is 19.2. The van der Waals surface area contributed by atoms with Gasteiger partial charge in [0.25, 0.3) is 5.91 Å². The first-order valence-electron chi connectivity index (χ1n) is 6.49. The average Bonchev–Trinajstić information content (AvgIpc) is 2.83. The summed E-state index contributed by atoms with van der Waals surface area (Å²) in [5.74, 6) is -0.126. The molecule has 0 spiro atoms. The lowest BCUT2D eigenvalue weighted by molar-refractivity contribution is -0.0446. The van der Waals surface area contributed by atoms with Crippen LogP contribution < -0.4 is 0 Å². The van der Waals surface area contributed by atoms with Gasteiger partial charge in [0.2, 0.25) is 0 Å². The summed E-state index contributed by atoms with van der Waals surface area (Å²) in [6.07, 6.45) is -0.328. The molecule has 0 saturated carbocycles. The first-order valence-corrected chi connectivity index (χ1v) is 8.06. The Hall–Kier alpha value is -0.850. The Labute approximate surface area is 135 Å². The van der Waals surface area contributed by atoms with E-state index in [1.807, 2.05) is 6.07 Å². The van der Waals surface area contributed by atoms with Gasteiger partial charge in [0.1, 0.15) is 4.88 Å². The minimum Gasteiger partial charge on any atom is -0.394 e. The van der Waals surface area contributed by atoms with Crippen molar-refractivity contribution in [3.05, 3.63) is 33.1 Å². The predicted molar refractivity (Wildman–Crippen MR) is 84.6 cm³/mol. The standard InChI is InChI=1S/C14H13Cl2NO3S/c15-8-1-2-10-11(5-8)21-13(12(10)16)14(19)17-3-4-20-9(6-17)7-18/h1-2,5,9,18H,3-4,6-7H2. The molecular weight excluding hydrogens is 333 g/mol. The van der Waals surface area contributed by atoms with Gasteiger partial charge in [-0.05, 0) is 12.1 Å². The molecule has 1 N–H and O–H groups in total. The summed E-state index contributed by atoms with van der Waals surface area (Å²) in [6.45, 7) is 1.20. The van der Waals surface area contributed by atoms with Gasteiger partial charge in [0.15, 0.2) is 0 Å². The first kappa shape index (κ1) is 15.1. The first-order chi connectivity index (χ1) is 10.1. The molecule has 1 unspecified atom stereocenters. The van der Waals surface area contributed by atoms with Gasteiger partial charge >= 0.3 is 0 Å². The van der Waals surface area contributed by atoms with Crippen molar-refractivity contribution in [1.82, 2.24) is 4.90 Å². The van der Waals surface area contributed by atoms with Gasteiger partial charge in [-0.25, -0.2) is 0 Å². The van der Waals surface area contributed by atoms with Crippen molar-refractivity contribution in [3.8, 4) is 0 Å². The molecule has 1 atom stereocenters. The van der Waals surface area contributed by atoms with E-state index in [4.69, 9.17) is 33.0 Å². The summed E-state index contributed by atoms with van der Waals surface area (Å²) < 4.78 is 6.25. The number of benzene rings is 1. The lowest BCUT2D eigenvalue weighted by atomic mass is 10.2. The number of amides is 1. The van der Waals surface area contributed by atoms with Crippen LogP contribution in [-0.2, 0) is 4.74 Å². The molecule has 1 aromatic carbocycles. The summed E-state index contributed by atoms with van der Waals surface area (Å²) in [5.41, 5.74) is 0. The van der Waals surface area contributed by atoms with Crippen LogP contribution in [0, 0.1) is 0 Å². The fourth-order valence-electron chi connectivity index (χ4n) is 2.33. The number of rotatable bonds is 2. The second-order valence-corrected chi connectivity index (χ2v) is 6.68. The number of thiophene rings is 1. The van der Waals surface area contributed by atoms with Crippen LogP contribution >= 0.6 is 34.5 Å². The minimum absolute atomic E-state index is 0.0977. The molecule has 1 aliphatic heterocycles. The largest absolute Gasteiger partial charge is 0.394 e. The molecule has 1 amide bonds. The third-order valence-corrected chi connectivity index (χ3v) is 5.30. The number of aliphatic hydroxyl groups is 1. The SMILES string of the molecule is O=C(c1sc2cc(Cl)ccc2c1Cl)N1CCOC(CO)C1. The summed E-state index contributed by atoms with van der Waals surface area (Å²) in [6, 6.07) is 5.39. The summed E-state index contributed by atoms with van der Waals surface area (Å²) >= 11 is 13.6. The second kappa shape index (κ2) is 6.10. The number of hydrogen-bond donors (Lipinski definition) is 1. The number of carbonyl (C=O) groups excluding carboxylic acids is 1. The third-order valence-electron chi connectivity index (χ3n) is 3.42. The van der Waals surface area contributed by atoms with Crippen molar-refractivity contribution in [2.75, 3.05) is 26.3 Å². The van der Waals surface area contributed by atoms with E-state index >= 15 is 0 Å². The topological polar surface area (TPSA) is 49.8 Å². The molecule has 4 nitrogen and oxygen atoms in total. The van der Waals surface area contributed by atoms with E-state index in [9.17, 15) is 4.79 Å². The molecule has 2 aromatic rings. The van der Waals surface area contributed by atoms with Crippen molar-refractivity contribution in [3.63, 3.8) is 0 Å². The quantitative estimate of drug-likeness (QED) is 0.909. The maximum Gasteiger partial charge on any atom is 0.265 e. The fourth-order valence-corrected chi connectivity index (χ4v) is 4.09. The number of carbonyl (C=O) groups is 1. The van der Waals surface area contributed by atoms with E-state index in [1.165, 1.54) is 11.3 Å². The van der Waals surface area contributed by atoms with Crippen LogP contribution in [0.5, 0.6) is 0 Å². The minimum atomic E-state index is -0.328. The third kappa shape index (κ3) is 2.89.